The van der Waals surface area contributed by atoms with Crippen LogP contribution in [0, 0.1) is 0 Å². The largest absolute Gasteiger partial charge is 0.358 e. The van der Waals surface area contributed by atoms with Crippen molar-refractivity contribution in [1.29, 1.82) is 0 Å². The fourth-order valence-corrected chi connectivity index (χ4v) is 6.81. The summed E-state index contributed by atoms with van der Waals surface area (Å²) in [7, 11) is -7.78. The number of sulfonamides is 2. The molecule has 4 aromatic rings. The van der Waals surface area contributed by atoms with E-state index >= 15 is 0 Å². The van der Waals surface area contributed by atoms with Gasteiger partial charge in [0.05, 0.1) is 31.0 Å². The van der Waals surface area contributed by atoms with Gasteiger partial charge in [0.2, 0.25) is 10.0 Å². The lowest BCUT2D eigenvalue weighted by Crippen LogP contribution is -2.33. The molecule has 0 saturated carbocycles. The van der Waals surface area contributed by atoms with E-state index in [1.54, 1.807) is 6.07 Å². The minimum atomic E-state index is -4.00. The molecule has 11 heteroatoms. The second kappa shape index (κ2) is 8.58. The Hall–Kier alpha value is -2.56. The molecule has 1 aromatic heterocycles. The SMILES string of the molecule is O=S(=O)(NCC1Cc2ccccc21)c1ccc(S(=O)(=O)Nc2ccc(Cl)c3c(Cl)c[nH]c23)cc1. The van der Waals surface area contributed by atoms with Crippen molar-refractivity contribution in [3.05, 3.63) is 88.0 Å². The Balaban J connectivity index is 1.32. The number of rotatable bonds is 7. The monoisotopic (exact) mass is 535 g/mol. The molecule has 1 atom stereocenters. The normalized spacial score (nSPS) is 15.6. The molecule has 176 valence electrons. The fraction of sp³-hybridized carbons (Fsp3) is 0.130. The number of hydrogen-bond acceptors (Lipinski definition) is 4. The zero-order valence-corrected chi connectivity index (χ0v) is 20.7. The van der Waals surface area contributed by atoms with Crippen LogP contribution >= 0.6 is 23.2 Å². The van der Waals surface area contributed by atoms with Crippen molar-refractivity contribution in [2.75, 3.05) is 11.3 Å². The quantitative estimate of drug-likeness (QED) is 0.313. The van der Waals surface area contributed by atoms with E-state index in [4.69, 9.17) is 23.2 Å². The van der Waals surface area contributed by atoms with Gasteiger partial charge in [-0.1, -0.05) is 47.5 Å². The molecule has 0 amide bonds. The highest BCUT2D eigenvalue weighted by atomic mass is 35.5. The van der Waals surface area contributed by atoms with Gasteiger partial charge in [0.25, 0.3) is 10.0 Å². The summed E-state index contributed by atoms with van der Waals surface area (Å²) >= 11 is 12.3. The van der Waals surface area contributed by atoms with Crippen LogP contribution in [-0.2, 0) is 26.5 Å². The number of fused-ring (bicyclic) bond motifs is 2. The molecule has 3 N–H and O–H groups in total. The lowest BCUT2D eigenvalue weighted by Gasteiger charge is -2.30. The van der Waals surface area contributed by atoms with Crippen LogP contribution in [0.1, 0.15) is 17.0 Å². The van der Waals surface area contributed by atoms with E-state index in [-0.39, 0.29) is 27.9 Å². The highest BCUT2D eigenvalue weighted by Crippen LogP contribution is 2.36. The van der Waals surface area contributed by atoms with E-state index in [1.807, 2.05) is 24.3 Å². The van der Waals surface area contributed by atoms with Gasteiger partial charge in [-0.15, -0.1) is 0 Å². The van der Waals surface area contributed by atoms with Gasteiger partial charge in [0, 0.05) is 24.0 Å². The zero-order chi connectivity index (χ0) is 24.1. The molecule has 34 heavy (non-hydrogen) atoms. The van der Waals surface area contributed by atoms with Crippen LogP contribution in [-0.4, -0.2) is 28.4 Å². The average molecular weight is 536 g/mol. The molecule has 1 aliphatic carbocycles. The molecule has 1 unspecified atom stereocenters. The summed E-state index contributed by atoms with van der Waals surface area (Å²) in [5.74, 6) is 0.132. The van der Waals surface area contributed by atoms with Gasteiger partial charge in [-0.25, -0.2) is 21.6 Å². The van der Waals surface area contributed by atoms with Gasteiger partial charge in [-0.3, -0.25) is 4.72 Å². The van der Waals surface area contributed by atoms with Crippen LogP contribution in [0.25, 0.3) is 10.9 Å². The average Bonchev–Trinajstić information content (AvgIpc) is 3.19. The van der Waals surface area contributed by atoms with Crippen LogP contribution in [0.3, 0.4) is 0 Å². The summed E-state index contributed by atoms with van der Waals surface area (Å²) in [6.07, 6.45) is 2.34. The minimum absolute atomic E-state index is 0.0101. The van der Waals surface area contributed by atoms with Gasteiger partial charge in [0.1, 0.15) is 0 Å². The Morgan fingerprint density at radius 1 is 0.853 bits per heavy atom. The zero-order valence-electron chi connectivity index (χ0n) is 17.5. The lowest BCUT2D eigenvalue weighted by atomic mass is 9.78. The molecule has 7 nitrogen and oxygen atoms in total. The molecular formula is C23H19Cl2N3O4S2. The molecule has 1 aliphatic rings. The van der Waals surface area contributed by atoms with Crippen LogP contribution in [0.5, 0.6) is 0 Å². The summed E-state index contributed by atoms with van der Waals surface area (Å²) in [4.78, 5) is 2.82. The first-order chi connectivity index (χ1) is 16.2. The third kappa shape index (κ3) is 4.18. The number of hydrogen-bond donors (Lipinski definition) is 3. The highest BCUT2D eigenvalue weighted by Gasteiger charge is 2.27. The van der Waals surface area contributed by atoms with Gasteiger partial charge in [0.15, 0.2) is 0 Å². The van der Waals surface area contributed by atoms with E-state index in [2.05, 4.69) is 14.4 Å². The van der Waals surface area contributed by atoms with Crippen molar-refractivity contribution in [3.63, 3.8) is 0 Å². The molecule has 5 rings (SSSR count). The Kier molecular flexibility index (Phi) is 5.86. The van der Waals surface area contributed by atoms with Crippen LogP contribution < -0.4 is 9.44 Å². The van der Waals surface area contributed by atoms with Crippen LogP contribution in [0.2, 0.25) is 10.0 Å². The van der Waals surface area contributed by atoms with Gasteiger partial charge >= 0.3 is 0 Å². The number of benzene rings is 3. The predicted octanol–water partition coefficient (Wildman–Crippen LogP) is 4.89. The summed E-state index contributed by atoms with van der Waals surface area (Å²) < 4.78 is 56.4. The van der Waals surface area contributed by atoms with E-state index in [9.17, 15) is 16.8 Å². The number of aromatic nitrogens is 1. The van der Waals surface area contributed by atoms with Gasteiger partial charge in [-0.05, 0) is 53.9 Å². The Morgan fingerprint density at radius 3 is 2.24 bits per heavy atom. The van der Waals surface area contributed by atoms with Crippen LogP contribution in [0.4, 0.5) is 5.69 Å². The molecule has 0 bridgehead atoms. The van der Waals surface area contributed by atoms with E-state index in [0.29, 0.717) is 20.9 Å². The van der Waals surface area contributed by atoms with E-state index < -0.39 is 20.0 Å². The van der Waals surface area contributed by atoms with Crippen molar-refractivity contribution in [2.24, 2.45) is 0 Å². The number of halogens is 2. The smallest absolute Gasteiger partial charge is 0.261 e. The van der Waals surface area contributed by atoms with Crippen molar-refractivity contribution in [2.45, 2.75) is 22.1 Å². The third-order valence-electron chi connectivity index (χ3n) is 5.91. The molecule has 0 radical (unpaired) electrons. The molecule has 0 saturated heterocycles. The van der Waals surface area contributed by atoms with Crippen molar-refractivity contribution in [1.82, 2.24) is 9.71 Å². The lowest BCUT2D eigenvalue weighted by molar-refractivity contribution is 0.552. The van der Waals surface area contributed by atoms with Crippen LogP contribution in [0.15, 0.2) is 76.7 Å². The summed E-state index contributed by atoms with van der Waals surface area (Å²) in [6.45, 7) is 0.284. The number of nitrogens with one attached hydrogen (secondary N) is 3. The Morgan fingerprint density at radius 2 is 1.53 bits per heavy atom. The fourth-order valence-electron chi connectivity index (χ4n) is 4.09. The first-order valence-corrected chi connectivity index (χ1v) is 14.0. The standard InChI is InChI=1S/C23H19Cl2N3O4S2/c24-19-9-10-21(23-22(19)20(25)13-26-23)28-34(31,32)17-7-5-16(6-8-17)33(29,30)27-12-15-11-14-3-1-2-4-18(14)15/h1-10,13,15,26-28H,11-12H2. The Bertz CT molecular complexity index is 1620. The third-order valence-corrected chi connectivity index (χ3v) is 9.34. The number of H-pyrrole nitrogens is 1. The molecule has 0 spiro atoms. The van der Waals surface area contributed by atoms with Crippen molar-refractivity contribution >= 4 is 59.8 Å². The maximum absolute atomic E-state index is 12.9. The van der Waals surface area contributed by atoms with E-state index in [0.717, 1.165) is 12.0 Å². The number of aromatic amines is 1. The van der Waals surface area contributed by atoms with Crippen molar-refractivity contribution < 1.29 is 16.8 Å². The minimum Gasteiger partial charge on any atom is -0.358 e. The second-order valence-electron chi connectivity index (χ2n) is 8.01. The Labute approximate surface area is 207 Å². The molecule has 3 aromatic carbocycles. The highest BCUT2D eigenvalue weighted by molar-refractivity contribution is 7.92. The van der Waals surface area contributed by atoms with Crippen molar-refractivity contribution in [3.8, 4) is 0 Å². The molecule has 0 aliphatic heterocycles. The van der Waals surface area contributed by atoms with Gasteiger partial charge in [-0.2, -0.15) is 0 Å². The topological polar surface area (TPSA) is 108 Å². The number of anilines is 1. The summed E-state index contributed by atoms with van der Waals surface area (Å²) in [5.41, 5.74) is 3.10. The summed E-state index contributed by atoms with van der Waals surface area (Å²) in [6, 6.07) is 16.1. The first-order valence-electron chi connectivity index (χ1n) is 10.3. The maximum Gasteiger partial charge on any atom is 0.261 e. The first kappa shape index (κ1) is 23.2. The van der Waals surface area contributed by atoms with E-state index in [1.165, 1.54) is 42.1 Å². The van der Waals surface area contributed by atoms with Gasteiger partial charge < -0.3 is 4.98 Å². The predicted molar refractivity (Wildman–Crippen MR) is 134 cm³/mol. The maximum atomic E-state index is 12.9. The molecule has 0 fully saturated rings. The molecule has 1 heterocycles. The second-order valence-corrected chi connectivity index (χ2v) is 12.3. The molecular weight excluding hydrogens is 517 g/mol. The summed E-state index contributed by atoms with van der Waals surface area (Å²) in [5, 5.41) is 1.26.